The second-order valence-corrected chi connectivity index (χ2v) is 12.5. The Kier molecular flexibility index (Phi) is 7.12. The Labute approximate surface area is 268 Å². The van der Waals surface area contributed by atoms with Crippen LogP contribution in [0.25, 0.3) is 11.1 Å². The van der Waals surface area contributed by atoms with Gasteiger partial charge in [-0.1, -0.05) is 63.2 Å². The molecular formula is C35H24F6N2O5. The second kappa shape index (κ2) is 10.5. The number of alkyl halides is 6. The van der Waals surface area contributed by atoms with Gasteiger partial charge in [-0.3, -0.25) is 24.5 Å². The molecule has 246 valence electrons. The fourth-order valence-electron chi connectivity index (χ4n) is 6.13. The molecule has 4 aromatic rings. The van der Waals surface area contributed by atoms with Gasteiger partial charge in [-0.25, -0.2) is 4.90 Å². The number of fused-ring (bicyclic) bond motifs is 2. The number of carbonyl (C=O) groups is 4. The van der Waals surface area contributed by atoms with E-state index in [1.807, 2.05) is 50.4 Å². The predicted molar refractivity (Wildman–Crippen MR) is 161 cm³/mol. The number of halogens is 6. The predicted octanol–water partition coefficient (Wildman–Crippen LogP) is 7.45. The molecule has 0 atom stereocenters. The number of benzene rings is 4. The van der Waals surface area contributed by atoms with E-state index in [-0.39, 0.29) is 11.1 Å². The third kappa shape index (κ3) is 4.75. The molecule has 0 saturated carbocycles. The minimum atomic E-state index is -6.09. The molecule has 48 heavy (non-hydrogen) atoms. The second-order valence-electron chi connectivity index (χ2n) is 12.5. The minimum Gasteiger partial charge on any atom is -0.506 e. The monoisotopic (exact) mass is 666 g/mol. The molecule has 0 unspecified atom stereocenters. The molecule has 4 amide bonds. The lowest BCUT2D eigenvalue weighted by atomic mass is 9.71. The average Bonchev–Trinajstić information content (AvgIpc) is 3.41. The van der Waals surface area contributed by atoms with Gasteiger partial charge < -0.3 is 5.11 Å². The fraction of sp³-hybridized carbons (Fsp3) is 0.200. The number of amides is 4. The maximum absolute atomic E-state index is 14.9. The highest BCUT2D eigenvalue weighted by Gasteiger charge is 2.73. The van der Waals surface area contributed by atoms with Crippen molar-refractivity contribution in [1.82, 2.24) is 5.32 Å². The smallest absolute Gasteiger partial charge is 0.411 e. The van der Waals surface area contributed by atoms with Crippen LogP contribution >= 0.6 is 0 Å². The van der Waals surface area contributed by atoms with Crippen LogP contribution < -0.4 is 10.2 Å². The Bertz CT molecular complexity index is 2050. The molecule has 0 bridgehead atoms. The number of anilines is 1. The summed E-state index contributed by atoms with van der Waals surface area (Å²) < 4.78 is 89.2. The van der Waals surface area contributed by atoms with Crippen LogP contribution in [0.5, 0.6) is 5.75 Å². The van der Waals surface area contributed by atoms with E-state index in [4.69, 9.17) is 0 Å². The van der Waals surface area contributed by atoms with Crippen molar-refractivity contribution in [3.8, 4) is 16.9 Å². The molecule has 2 heterocycles. The van der Waals surface area contributed by atoms with Crippen LogP contribution in [0, 0.1) is 0 Å². The van der Waals surface area contributed by atoms with Crippen LogP contribution in [0.4, 0.5) is 32.0 Å². The number of carbonyl (C=O) groups excluding carboxylic acids is 4. The third-order valence-electron chi connectivity index (χ3n) is 8.64. The van der Waals surface area contributed by atoms with E-state index in [0.29, 0.717) is 52.4 Å². The van der Waals surface area contributed by atoms with Crippen molar-refractivity contribution in [1.29, 1.82) is 0 Å². The van der Waals surface area contributed by atoms with E-state index < -0.39 is 80.5 Å². The summed E-state index contributed by atoms with van der Waals surface area (Å²) in [6, 6.07) is 14.4. The standard InChI is InChI=1S/C35H24F6N2O5/c1-32(2,3)19-7-4-17(5-8-19)18-6-13-26(27(44)14-18)43-30(47)23-12-10-21(16-25(23)31(43)48)33(34(36,37)38,35(39,40)41)20-9-11-22-24(15-20)29(46)42-28(22)45/h4-16,44H,1-3H3,(H,42,45,46). The van der Waals surface area contributed by atoms with Gasteiger partial charge in [0.2, 0.25) is 5.41 Å². The molecule has 0 aliphatic carbocycles. The van der Waals surface area contributed by atoms with Gasteiger partial charge in [-0.15, -0.1) is 0 Å². The summed E-state index contributed by atoms with van der Waals surface area (Å²) >= 11 is 0. The maximum Gasteiger partial charge on any atom is 0.411 e. The van der Waals surface area contributed by atoms with Crippen molar-refractivity contribution in [2.24, 2.45) is 0 Å². The van der Waals surface area contributed by atoms with Crippen LogP contribution in [0.1, 0.15) is 78.9 Å². The Balaban J connectivity index is 1.43. The van der Waals surface area contributed by atoms with Crippen molar-refractivity contribution < 1.29 is 50.6 Å². The average molecular weight is 667 g/mol. The molecule has 7 nitrogen and oxygen atoms in total. The van der Waals surface area contributed by atoms with Gasteiger partial charge >= 0.3 is 12.4 Å². The summed E-state index contributed by atoms with van der Waals surface area (Å²) in [6.45, 7) is 6.11. The van der Waals surface area contributed by atoms with Crippen LogP contribution in [-0.4, -0.2) is 41.1 Å². The quantitative estimate of drug-likeness (QED) is 0.174. The first-order valence-electron chi connectivity index (χ1n) is 14.4. The normalized spacial score (nSPS) is 15.1. The van der Waals surface area contributed by atoms with E-state index >= 15 is 0 Å². The summed E-state index contributed by atoms with van der Waals surface area (Å²) in [4.78, 5) is 51.5. The van der Waals surface area contributed by atoms with Crippen LogP contribution in [0.2, 0.25) is 0 Å². The highest BCUT2D eigenvalue weighted by Crippen LogP contribution is 2.57. The molecule has 0 saturated heterocycles. The van der Waals surface area contributed by atoms with Gasteiger partial charge in [0.05, 0.1) is 27.9 Å². The highest BCUT2D eigenvalue weighted by atomic mass is 19.4. The fourth-order valence-corrected chi connectivity index (χ4v) is 6.13. The molecule has 2 aliphatic rings. The SMILES string of the molecule is CC(C)(C)c1ccc(-c2ccc(N3C(=O)c4ccc(C(c5ccc6c(c5)C(=O)NC6=O)(C(F)(F)F)C(F)(F)F)cc4C3=O)c(O)c2)cc1. The number of aromatic hydroxyl groups is 1. The summed E-state index contributed by atoms with van der Waals surface area (Å²) in [6.07, 6.45) is -12.2. The number of nitrogens with one attached hydrogen (secondary N) is 1. The maximum atomic E-state index is 14.9. The van der Waals surface area contributed by atoms with Crippen molar-refractivity contribution in [2.45, 2.75) is 44.0 Å². The van der Waals surface area contributed by atoms with Gasteiger partial charge in [-0.2, -0.15) is 26.3 Å². The van der Waals surface area contributed by atoms with Gasteiger partial charge in [0.25, 0.3) is 23.6 Å². The minimum absolute atomic E-state index is 0.117. The number of nitrogens with zero attached hydrogens (tertiary/aromatic N) is 1. The first-order chi connectivity index (χ1) is 22.3. The number of imide groups is 2. The van der Waals surface area contributed by atoms with E-state index in [1.54, 1.807) is 0 Å². The van der Waals surface area contributed by atoms with E-state index in [1.165, 1.54) is 18.2 Å². The molecule has 0 radical (unpaired) electrons. The summed E-state index contributed by atoms with van der Waals surface area (Å²) in [5, 5.41) is 12.7. The van der Waals surface area contributed by atoms with Gasteiger partial charge in [0, 0.05) is 0 Å². The van der Waals surface area contributed by atoms with Crippen molar-refractivity contribution in [3.63, 3.8) is 0 Å². The van der Waals surface area contributed by atoms with E-state index in [9.17, 15) is 50.6 Å². The number of phenolic OH excluding ortho intramolecular Hbond substituents is 1. The summed E-state index contributed by atoms with van der Waals surface area (Å²) in [5.74, 6) is -5.02. The Morgan fingerprint density at radius 3 is 1.58 bits per heavy atom. The lowest BCUT2D eigenvalue weighted by Gasteiger charge is -2.38. The highest BCUT2D eigenvalue weighted by molar-refractivity contribution is 6.35. The largest absolute Gasteiger partial charge is 0.506 e. The van der Waals surface area contributed by atoms with Gasteiger partial charge in [-0.05, 0) is 69.6 Å². The Morgan fingerprint density at radius 2 is 1.04 bits per heavy atom. The molecule has 6 rings (SSSR count). The Hall–Kier alpha value is -5.46. The van der Waals surface area contributed by atoms with Crippen molar-refractivity contribution in [2.75, 3.05) is 4.90 Å². The van der Waals surface area contributed by atoms with Crippen molar-refractivity contribution >= 4 is 29.3 Å². The molecule has 2 aliphatic heterocycles. The molecule has 4 aromatic carbocycles. The molecular weight excluding hydrogens is 642 g/mol. The van der Waals surface area contributed by atoms with Crippen molar-refractivity contribution in [3.05, 3.63) is 118 Å². The van der Waals surface area contributed by atoms with Crippen LogP contribution in [-0.2, 0) is 10.8 Å². The van der Waals surface area contributed by atoms with E-state index in [0.717, 1.165) is 5.56 Å². The third-order valence-corrected chi connectivity index (χ3v) is 8.64. The molecule has 2 N–H and O–H groups in total. The zero-order chi connectivity index (χ0) is 35.1. The molecule has 0 aromatic heterocycles. The summed E-state index contributed by atoms with van der Waals surface area (Å²) in [5.41, 5.74) is -8.17. The number of hydrogen-bond donors (Lipinski definition) is 2. The number of phenols is 1. The van der Waals surface area contributed by atoms with Gasteiger partial charge in [0.1, 0.15) is 5.75 Å². The topological polar surface area (TPSA) is 104 Å². The number of rotatable bonds is 4. The summed E-state index contributed by atoms with van der Waals surface area (Å²) in [7, 11) is 0. The zero-order valence-corrected chi connectivity index (χ0v) is 25.3. The van der Waals surface area contributed by atoms with Gasteiger partial charge in [0.15, 0.2) is 0 Å². The lowest BCUT2D eigenvalue weighted by Crippen LogP contribution is -2.55. The first-order valence-corrected chi connectivity index (χ1v) is 14.4. The Morgan fingerprint density at radius 1 is 0.562 bits per heavy atom. The zero-order valence-electron chi connectivity index (χ0n) is 25.3. The number of hydrogen-bond acceptors (Lipinski definition) is 5. The van der Waals surface area contributed by atoms with Crippen LogP contribution in [0.15, 0.2) is 78.9 Å². The molecule has 13 heteroatoms. The first kappa shape index (κ1) is 32.5. The lowest BCUT2D eigenvalue weighted by molar-refractivity contribution is -0.288. The van der Waals surface area contributed by atoms with E-state index in [2.05, 4.69) is 0 Å². The molecule has 0 fully saturated rings. The van der Waals surface area contributed by atoms with Crippen LogP contribution in [0.3, 0.4) is 0 Å². The molecule has 0 spiro atoms.